The van der Waals surface area contributed by atoms with Crippen LogP contribution in [-0.2, 0) is 7.05 Å². The molecule has 1 aliphatic heterocycles. The molecule has 10 heteroatoms. The standard InChI is InChI=1S/C20H24N10/c1-14(21)16-8-22-20(23-9-16)29-5-3-28(4-6-29)19-18-7-15(12-30(18)26-13-24-19)17-10-25-27(2)11-17/h7-14H,3-6,21H2,1-2H3. The average molecular weight is 404 g/mol. The van der Waals surface area contributed by atoms with Crippen LogP contribution in [0, 0.1) is 0 Å². The van der Waals surface area contributed by atoms with Gasteiger partial charge in [0.15, 0.2) is 5.82 Å². The number of aryl methyl sites for hydroxylation is 1. The molecular weight excluding hydrogens is 380 g/mol. The number of hydrogen-bond acceptors (Lipinski definition) is 8. The molecule has 0 radical (unpaired) electrons. The molecule has 0 spiro atoms. The lowest BCUT2D eigenvalue weighted by Crippen LogP contribution is -2.47. The number of anilines is 2. The van der Waals surface area contributed by atoms with E-state index >= 15 is 0 Å². The van der Waals surface area contributed by atoms with Gasteiger partial charge in [-0.25, -0.2) is 19.5 Å². The first-order chi connectivity index (χ1) is 14.6. The van der Waals surface area contributed by atoms with Crippen LogP contribution in [0.25, 0.3) is 16.6 Å². The van der Waals surface area contributed by atoms with Gasteiger partial charge in [0, 0.05) is 80.7 Å². The van der Waals surface area contributed by atoms with E-state index in [2.05, 4.69) is 41.0 Å². The molecule has 1 atom stereocenters. The molecule has 10 nitrogen and oxygen atoms in total. The summed E-state index contributed by atoms with van der Waals surface area (Å²) in [5.74, 6) is 1.68. The zero-order valence-corrected chi connectivity index (χ0v) is 17.0. The Morgan fingerprint density at radius 3 is 2.30 bits per heavy atom. The summed E-state index contributed by atoms with van der Waals surface area (Å²) >= 11 is 0. The second-order valence-electron chi connectivity index (χ2n) is 7.62. The third-order valence-corrected chi connectivity index (χ3v) is 5.47. The van der Waals surface area contributed by atoms with Crippen molar-refractivity contribution < 1.29 is 0 Å². The number of nitrogens with two attached hydrogens (primary N) is 1. The van der Waals surface area contributed by atoms with Crippen molar-refractivity contribution in [2.75, 3.05) is 36.0 Å². The number of rotatable bonds is 4. The minimum atomic E-state index is -0.0605. The van der Waals surface area contributed by atoms with E-state index in [-0.39, 0.29) is 6.04 Å². The molecule has 0 saturated carbocycles. The van der Waals surface area contributed by atoms with Crippen LogP contribution in [0.1, 0.15) is 18.5 Å². The van der Waals surface area contributed by atoms with Crippen LogP contribution in [0.5, 0.6) is 0 Å². The van der Waals surface area contributed by atoms with Crippen LogP contribution in [-0.4, -0.2) is 60.5 Å². The van der Waals surface area contributed by atoms with Crippen LogP contribution < -0.4 is 15.5 Å². The Morgan fingerprint density at radius 1 is 0.900 bits per heavy atom. The molecule has 30 heavy (non-hydrogen) atoms. The first-order valence-electron chi connectivity index (χ1n) is 9.98. The molecule has 5 heterocycles. The predicted molar refractivity (Wildman–Crippen MR) is 114 cm³/mol. The molecule has 2 N–H and O–H groups in total. The van der Waals surface area contributed by atoms with Crippen molar-refractivity contribution in [2.24, 2.45) is 12.8 Å². The maximum Gasteiger partial charge on any atom is 0.225 e. The number of nitrogens with zero attached hydrogens (tertiary/aromatic N) is 9. The Kier molecular flexibility index (Phi) is 4.55. The zero-order valence-electron chi connectivity index (χ0n) is 17.0. The fraction of sp³-hybridized carbons (Fsp3) is 0.350. The van der Waals surface area contributed by atoms with Gasteiger partial charge in [-0.15, -0.1) is 0 Å². The van der Waals surface area contributed by atoms with Crippen LogP contribution >= 0.6 is 0 Å². The molecule has 1 unspecified atom stereocenters. The van der Waals surface area contributed by atoms with Gasteiger partial charge >= 0.3 is 0 Å². The van der Waals surface area contributed by atoms with Gasteiger partial charge < -0.3 is 15.5 Å². The van der Waals surface area contributed by atoms with E-state index in [1.54, 1.807) is 11.0 Å². The van der Waals surface area contributed by atoms with Crippen molar-refractivity contribution in [3.63, 3.8) is 0 Å². The van der Waals surface area contributed by atoms with Gasteiger partial charge in [0.25, 0.3) is 0 Å². The predicted octanol–water partition coefficient (Wildman–Crippen LogP) is 1.27. The summed E-state index contributed by atoms with van der Waals surface area (Å²) in [5.41, 5.74) is 9.96. The number of aromatic nitrogens is 7. The van der Waals surface area contributed by atoms with Crippen molar-refractivity contribution in [2.45, 2.75) is 13.0 Å². The highest BCUT2D eigenvalue weighted by Crippen LogP contribution is 2.27. The summed E-state index contributed by atoms with van der Waals surface area (Å²) in [6.45, 7) is 5.24. The van der Waals surface area contributed by atoms with Crippen LogP contribution in [0.2, 0.25) is 0 Å². The van der Waals surface area contributed by atoms with Crippen molar-refractivity contribution in [1.82, 2.24) is 34.3 Å². The molecule has 0 amide bonds. The summed E-state index contributed by atoms with van der Waals surface area (Å²) in [4.78, 5) is 18.0. The van der Waals surface area contributed by atoms with Gasteiger partial charge in [-0.1, -0.05) is 0 Å². The van der Waals surface area contributed by atoms with Crippen LogP contribution in [0.3, 0.4) is 0 Å². The van der Waals surface area contributed by atoms with Gasteiger partial charge in [0.1, 0.15) is 11.8 Å². The molecule has 1 fully saturated rings. The lowest BCUT2D eigenvalue weighted by atomic mass is 10.2. The molecule has 0 aliphatic carbocycles. The van der Waals surface area contributed by atoms with E-state index in [4.69, 9.17) is 5.73 Å². The van der Waals surface area contributed by atoms with E-state index in [0.717, 1.165) is 60.2 Å². The quantitative estimate of drug-likeness (QED) is 0.542. The largest absolute Gasteiger partial charge is 0.351 e. The Hall–Kier alpha value is -3.53. The SMILES string of the molecule is CC(N)c1cnc(N2CCN(c3ncnn4cc(-c5cnn(C)c5)cc34)CC2)nc1. The van der Waals surface area contributed by atoms with Crippen LogP contribution in [0.4, 0.5) is 11.8 Å². The maximum absolute atomic E-state index is 5.89. The maximum atomic E-state index is 5.89. The van der Waals surface area contributed by atoms with E-state index < -0.39 is 0 Å². The fourth-order valence-corrected chi connectivity index (χ4v) is 3.74. The molecule has 1 saturated heterocycles. The molecule has 5 rings (SSSR count). The second kappa shape index (κ2) is 7.38. The lowest BCUT2D eigenvalue weighted by molar-refractivity contribution is 0.632. The van der Waals surface area contributed by atoms with E-state index in [1.807, 2.05) is 49.5 Å². The molecule has 4 aromatic heterocycles. The summed E-state index contributed by atoms with van der Waals surface area (Å²) < 4.78 is 3.68. The first-order valence-corrected chi connectivity index (χ1v) is 9.98. The number of piperazine rings is 1. The Labute approximate surface area is 174 Å². The van der Waals surface area contributed by atoms with Gasteiger partial charge in [0.2, 0.25) is 5.95 Å². The molecular formula is C20H24N10. The number of hydrogen-bond donors (Lipinski definition) is 1. The summed E-state index contributed by atoms with van der Waals surface area (Å²) in [6.07, 6.45) is 11.1. The van der Waals surface area contributed by atoms with Crippen molar-refractivity contribution in [3.8, 4) is 11.1 Å². The van der Waals surface area contributed by atoms with Gasteiger partial charge in [-0.05, 0) is 13.0 Å². The van der Waals surface area contributed by atoms with Crippen molar-refractivity contribution >= 4 is 17.3 Å². The van der Waals surface area contributed by atoms with E-state index in [0.29, 0.717) is 0 Å². The lowest BCUT2D eigenvalue weighted by Gasteiger charge is -2.35. The third kappa shape index (κ3) is 3.35. The highest BCUT2D eigenvalue weighted by molar-refractivity contribution is 5.77. The highest BCUT2D eigenvalue weighted by atomic mass is 15.4. The highest BCUT2D eigenvalue weighted by Gasteiger charge is 2.22. The molecule has 154 valence electrons. The summed E-state index contributed by atoms with van der Waals surface area (Å²) in [6, 6.07) is 2.06. The van der Waals surface area contributed by atoms with Gasteiger partial charge in [-0.3, -0.25) is 4.68 Å². The molecule has 0 aromatic carbocycles. The van der Waals surface area contributed by atoms with Gasteiger partial charge in [-0.2, -0.15) is 10.2 Å². The Balaban J connectivity index is 1.35. The average Bonchev–Trinajstić information content (AvgIpc) is 3.40. The molecule has 1 aliphatic rings. The van der Waals surface area contributed by atoms with E-state index in [1.165, 1.54) is 0 Å². The first kappa shape index (κ1) is 18.5. The normalized spacial score (nSPS) is 15.7. The zero-order chi connectivity index (χ0) is 20.7. The Morgan fingerprint density at radius 2 is 1.63 bits per heavy atom. The topological polar surface area (TPSA) is 106 Å². The molecule has 0 bridgehead atoms. The summed E-state index contributed by atoms with van der Waals surface area (Å²) in [5, 5.41) is 8.65. The minimum Gasteiger partial charge on any atom is -0.351 e. The van der Waals surface area contributed by atoms with Crippen molar-refractivity contribution in [3.05, 3.63) is 48.9 Å². The second-order valence-corrected chi connectivity index (χ2v) is 7.62. The molecule has 4 aromatic rings. The van der Waals surface area contributed by atoms with Crippen molar-refractivity contribution in [1.29, 1.82) is 0 Å². The Bertz CT molecular complexity index is 1150. The van der Waals surface area contributed by atoms with Gasteiger partial charge in [0.05, 0.1) is 6.20 Å². The third-order valence-electron chi connectivity index (χ3n) is 5.47. The minimum absolute atomic E-state index is 0.0605. The van der Waals surface area contributed by atoms with E-state index in [9.17, 15) is 0 Å². The summed E-state index contributed by atoms with van der Waals surface area (Å²) in [7, 11) is 1.91. The monoisotopic (exact) mass is 404 g/mol. The van der Waals surface area contributed by atoms with Crippen LogP contribution in [0.15, 0.2) is 43.4 Å². The smallest absolute Gasteiger partial charge is 0.225 e. The number of fused-ring (bicyclic) bond motifs is 1. The fourth-order valence-electron chi connectivity index (χ4n) is 3.74.